The fourth-order valence-electron chi connectivity index (χ4n) is 1.71. The summed E-state index contributed by atoms with van der Waals surface area (Å²) in [5, 5.41) is 2.59. The van der Waals surface area contributed by atoms with Gasteiger partial charge in [0.1, 0.15) is 5.75 Å². The van der Waals surface area contributed by atoms with Gasteiger partial charge in [0.15, 0.2) is 6.61 Å². The molecular formula is C14H14F3N3O2. The maximum absolute atomic E-state index is 12.0. The molecule has 0 saturated carbocycles. The van der Waals surface area contributed by atoms with Crippen molar-refractivity contribution >= 4 is 11.9 Å². The molecule has 2 rings (SSSR count). The number of alkyl halides is 3. The van der Waals surface area contributed by atoms with Crippen LogP contribution in [0.1, 0.15) is 11.3 Å². The maximum atomic E-state index is 12.0. The summed E-state index contributed by atoms with van der Waals surface area (Å²) in [4.78, 5) is 18.6. The van der Waals surface area contributed by atoms with E-state index in [1.54, 1.807) is 18.3 Å². The summed E-state index contributed by atoms with van der Waals surface area (Å²) in [6.45, 7) is 0.465. The smallest absolute Gasteiger partial charge is 0.422 e. The molecule has 0 radical (unpaired) electrons. The molecule has 0 bridgehead atoms. The number of aromatic amines is 1. The van der Waals surface area contributed by atoms with Gasteiger partial charge < -0.3 is 9.72 Å². The van der Waals surface area contributed by atoms with Crippen molar-refractivity contribution in [3.8, 4) is 5.75 Å². The van der Waals surface area contributed by atoms with Gasteiger partial charge in [-0.3, -0.25) is 10.1 Å². The Morgan fingerprint density at radius 3 is 2.55 bits per heavy atom. The van der Waals surface area contributed by atoms with Crippen LogP contribution in [0.15, 0.2) is 30.5 Å². The average molecular weight is 313 g/mol. The van der Waals surface area contributed by atoms with Crippen molar-refractivity contribution in [3.05, 3.63) is 41.7 Å². The number of aromatic nitrogens is 2. The number of nitrogens with zero attached hydrogens (tertiary/aromatic N) is 1. The minimum Gasteiger partial charge on any atom is -0.484 e. The molecule has 1 aromatic carbocycles. The highest BCUT2D eigenvalue weighted by Crippen LogP contribution is 2.19. The normalized spacial score (nSPS) is 11.3. The van der Waals surface area contributed by atoms with E-state index in [1.165, 1.54) is 12.1 Å². The largest absolute Gasteiger partial charge is 0.484 e. The molecular weight excluding hydrogens is 299 g/mol. The highest BCUT2D eigenvalue weighted by atomic mass is 19.4. The predicted molar refractivity (Wildman–Crippen MR) is 73.7 cm³/mol. The molecule has 0 saturated heterocycles. The third-order valence-electron chi connectivity index (χ3n) is 2.65. The van der Waals surface area contributed by atoms with Crippen molar-refractivity contribution in [2.45, 2.75) is 19.5 Å². The second-order valence-electron chi connectivity index (χ2n) is 4.69. The monoisotopic (exact) mass is 313 g/mol. The first-order valence-electron chi connectivity index (χ1n) is 6.42. The Labute approximate surface area is 124 Å². The second-order valence-corrected chi connectivity index (χ2v) is 4.69. The molecule has 0 atom stereocenters. The number of anilines is 1. The number of carbonyl (C=O) groups is 1. The van der Waals surface area contributed by atoms with Crippen LogP contribution in [-0.4, -0.2) is 28.7 Å². The van der Waals surface area contributed by atoms with Crippen molar-refractivity contribution in [1.82, 2.24) is 9.97 Å². The third kappa shape index (κ3) is 5.12. The molecule has 8 heteroatoms. The lowest BCUT2D eigenvalue weighted by molar-refractivity contribution is -0.153. The van der Waals surface area contributed by atoms with Crippen molar-refractivity contribution in [2.75, 3.05) is 11.9 Å². The number of ether oxygens (including phenoxy) is 1. The Morgan fingerprint density at radius 1 is 1.32 bits per heavy atom. The first-order chi connectivity index (χ1) is 10.3. The summed E-state index contributed by atoms with van der Waals surface area (Å²) < 4.78 is 40.6. The first-order valence-corrected chi connectivity index (χ1v) is 6.42. The zero-order chi connectivity index (χ0) is 16.2. The van der Waals surface area contributed by atoms with Gasteiger partial charge in [0, 0.05) is 11.9 Å². The number of hydrogen-bond acceptors (Lipinski definition) is 3. The average Bonchev–Trinajstić information content (AvgIpc) is 2.82. The molecule has 2 aromatic rings. The molecule has 0 aliphatic rings. The number of aryl methyl sites for hydroxylation is 1. The minimum atomic E-state index is -4.38. The van der Waals surface area contributed by atoms with Gasteiger partial charge in [-0.2, -0.15) is 13.2 Å². The lowest BCUT2D eigenvalue weighted by atomic mass is 10.1. The molecule has 2 N–H and O–H groups in total. The fraction of sp³-hybridized carbons (Fsp3) is 0.286. The molecule has 1 heterocycles. The summed E-state index contributed by atoms with van der Waals surface area (Å²) in [7, 11) is 0. The molecule has 5 nitrogen and oxygen atoms in total. The summed E-state index contributed by atoms with van der Waals surface area (Å²) in [6, 6.07) is 5.87. The van der Waals surface area contributed by atoms with E-state index in [1.807, 2.05) is 6.92 Å². The molecule has 1 aromatic heterocycles. The van der Waals surface area contributed by atoms with E-state index in [2.05, 4.69) is 20.0 Å². The van der Waals surface area contributed by atoms with Gasteiger partial charge >= 0.3 is 6.18 Å². The van der Waals surface area contributed by atoms with E-state index < -0.39 is 12.8 Å². The Hall–Kier alpha value is -2.51. The van der Waals surface area contributed by atoms with Gasteiger partial charge in [0.25, 0.3) is 0 Å². The maximum Gasteiger partial charge on any atom is 0.422 e. The Bertz CT molecular complexity index is 636. The van der Waals surface area contributed by atoms with Gasteiger partial charge in [-0.25, -0.2) is 4.98 Å². The van der Waals surface area contributed by atoms with E-state index in [0.717, 1.165) is 5.69 Å². The number of benzene rings is 1. The minimum absolute atomic E-state index is 0.0826. The lowest BCUT2D eigenvalue weighted by Gasteiger charge is -2.09. The predicted octanol–water partition coefficient (Wildman–Crippen LogP) is 2.84. The van der Waals surface area contributed by atoms with Crippen molar-refractivity contribution < 1.29 is 22.7 Å². The zero-order valence-electron chi connectivity index (χ0n) is 11.7. The number of H-pyrrole nitrogens is 1. The van der Waals surface area contributed by atoms with Crippen LogP contribution in [0.25, 0.3) is 0 Å². The Morgan fingerprint density at radius 2 is 2.00 bits per heavy atom. The van der Waals surface area contributed by atoms with Gasteiger partial charge in [-0.1, -0.05) is 12.1 Å². The number of amides is 1. The van der Waals surface area contributed by atoms with Crippen LogP contribution in [0.3, 0.4) is 0 Å². The van der Waals surface area contributed by atoms with Crippen LogP contribution in [0.5, 0.6) is 5.75 Å². The van der Waals surface area contributed by atoms with Crippen molar-refractivity contribution in [1.29, 1.82) is 0 Å². The summed E-state index contributed by atoms with van der Waals surface area (Å²) in [6.07, 6.45) is -2.71. The summed E-state index contributed by atoms with van der Waals surface area (Å²) in [5.41, 5.74) is 1.47. The molecule has 0 unspecified atom stereocenters. The number of carbonyl (C=O) groups excluding carboxylic acids is 1. The van der Waals surface area contributed by atoms with Crippen LogP contribution in [0.2, 0.25) is 0 Å². The van der Waals surface area contributed by atoms with Crippen molar-refractivity contribution in [2.24, 2.45) is 0 Å². The van der Waals surface area contributed by atoms with E-state index in [4.69, 9.17) is 0 Å². The molecule has 0 spiro atoms. The molecule has 0 fully saturated rings. The molecule has 0 aliphatic heterocycles. The number of nitrogens with one attached hydrogen (secondary N) is 2. The second kappa shape index (κ2) is 6.50. The lowest BCUT2D eigenvalue weighted by Crippen LogP contribution is -2.19. The molecule has 1 amide bonds. The van der Waals surface area contributed by atoms with E-state index in [-0.39, 0.29) is 18.1 Å². The van der Waals surface area contributed by atoms with Crippen LogP contribution in [0, 0.1) is 6.92 Å². The molecule has 22 heavy (non-hydrogen) atoms. The SMILES string of the molecule is Cc1cnc(NC(=O)Cc2ccc(OCC(F)(F)F)cc2)[nH]1. The van der Waals surface area contributed by atoms with Gasteiger partial charge in [-0.15, -0.1) is 0 Å². The van der Waals surface area contributed by atoms with Crippen LogP contribution < -0.4 is 10.1 Å². The van der Waals surface area contributed by atoms with Gasteiger partial charge in [0.05, 0.1) is 6.42 Å². The fourth-order valence-corrected chi connectivity index (χ4v) is 1.71. The topological polar surface area (TPSA) is 67.0 Å². The first kappa shape index (κ1) is 15.9. The highest BCUT2D eigenvalue weighted by Gasteiger charge is 2.28. The molecule has 0 aliphatic carbocycles. The zero-order valence-corrected chi connectivity index (χ0v) is 11.7. The summed E-state index contributed by atoms with van der Waals surface area (Å²) in [5.74, 6) is 0.175. The van der Waals surface area contributed by atoms with Crippen LogP contribution >= 0.6 is 0 Å². The van der Waals surface area contributed by atoms with E-state index in [9.17, 15) is 18.0 Å². The number of hydrogen-bond donors (Lipinski definition) is 2. The van der Waals surface area contributed by atoms with Crippen molar-refractivity contribution in [3.63, 3.8) is 0 Å². The van der Waals surface area contributed by atoms with Gasteiger partial charge in [0.2, 0.25) is 11.9 Å². The van der Waals surface area contributed by atoms with E-state index in [0.29, 0.717) is 11.5 Å². The van der Waals surface area contributed by atoms with E-state index >= 15 is 0 Å². The standard InChI is InChI=1S/C14H14F3N3O2/c1-9-7-18-13(19-9)20-12(21)6-10-2-4-11(5-3-10)22-8-14(15,16)17/h2-5,7H,6,8H2,1H3,(H2,18,19,20,21). The quantitative estimate of drug-likeness (QED) is 0.892. The van der Waals surface area contributed by atoms with Crippen LogP contribution in [0.4, 0.5) is 19.1 Å². The molecule has 118 valence electrons. The Balaban J connectivity index is 1.86. The third-order valence-corrected chi connectivity index (χ3v) is 2.65. The number of halogens is 3. The highest BCUT2D eigenvalue weighted by molar-refractivity contribution is 5.90. The summed E-state index contributed by atoms with van der Waals surface area (Å²) >= 11 is 0. The van der Waals surface area contributed by atoms with Gasteiger partial charge in [-0.05, 0) is 24.6 Å². The number of imidazole rings is 1. The van der Waals surface area contributed by atoms with Crippen LogP contribution in [-0.2, 0) is 11.2 Å². The Kier molecular flexibility index (Phi) is 4.69. The number of rotatable bonds is 5.